The van der Waals surface area contributed by atoms with Crippen LogP contribution in [0.4, 0.5) is 0 Å². The summed E-state index contributed by atoms with van der Waals surface area (Å²) in [5.41, 5.74) is 2.54. The zero-order chi connectivity index (χ0) is 13.0. The van der Waals surface area contributed by atoms with Crippen LogP contribution in [0.3, 0.4) is 0 Å². The Morgan fingerprint density at radius 2 is 2.11 bits per heavy atom. The summed E-state index contributed by atoms with van der Waals surface area (Å²) in [4.78, 5) is 0. The molecule has 1 aliphatic rings. The molecule has 1 aromatic heterocycles. The van der Waals surface area contributed by atoms with Crippen molar-refractivity contribution in [2.45, 2.75) is 59.5 Å². The number of hydrogen-bond acceptors (Lipinski definition) is 2. The highest BCUT2D eigenvalue weighted by atomic mass is 15.3. The number of rotatable bonds is 6. The summed E-state index contributed by atoms with van der Waals surface area (Å²) < 4.78 is 2.16. The Morgan fingerprint density at radius 3 is 2.78 bits per heavy atom. The summed E-state index contributed by atoms with van der Waals surface area (Å²) in [6.45, 7) is 9.75. The van der Waals surface area contributed by atoms with Crippen LogP contribution in [0, 0.1) is 18.8 Å². The molecule has 0 aromatic carbocycles. The van der Waals surface area contributed by atoms with Gasteiger partial charge in [-0.25, -0.2) is 0 Å². The quantitative estimate of drug-likeness (QED) is 0.839. The van der Waals surface area contributed by atoms with E-state index in [1.54, 1.807) is 0 Å². The molecule has 1 aliphatic carbocycles. The highest BCUT2D eigenvalue weighted by molar-refractivity contribution is 5.15. The molecule has 102 valence electrons. The minimum absolute atomic E-state index is 0.707. The van der Waals surface area contributed by atoms with Gasteiger partial charge < -0.3 is 5.32 Å². The molecular formula is C15H27N3. The van der Waals surface area contributed by atoms with Crippen LogP contribution in [0.25, 0.3) is 0 Å². The number of nitrogens with zero attached hydrogens (tertiary/aromatic N) is 2. The first-order valence-corrected chi connectivity index (χ1v) is 7.39. The van der Waals surface area contributed by atoms with Gasteiger partial charge in [0.05, 0.1) is 5.69 Å². The van der Waals surface area contributed by atoms with Gasteiger partial charge in [0, 0.05) is 24.8 Å². The molecule has 0 unspecified atom stereocenters. The van der Waals surface area contributed by atoms with Crippen LogP contribution in [0.5, 0.6) is 0 Å². The fourth-order valence-corrected chi connectivity index (χ4v) is 2.78. The Labute approximate surface area is 111 Å². The van der Waals surface area contributed by atoms with E-state index < -0.39 is 0 Å². The molecule has 0 radical (unpaired) electrons. The number of aryl methyl sites for hydroxylation is 1. The van der Waals surface area contributed by atoms with Crippen molar-refractivity contribution in [1.82, 2.24) is 15.1 Å². The van der Waals surface area contributed by atoms with Crippen LogP contribution < -0.4 is 5.32 Å². The van der Waals surface area contributed by atoms with Crippen LogP contribution >= 0.6 is 0 Å². The molecule has 3 nitrogen and oxygen atoms in total. The first kappa shape index (κ1) is 13.6. The van der Waals surface area contributed by atoms with Gasteiger partial charge in [0.15, 0.2) is 0 Å². The highest BCUT2D eigenvalue weighted by Crippen LogP contribution is 2.26. The van der Waals surface area contributed by atoms with Crippen LogP contribution in [0.15, 0.2) is 6.20 Å². The second-order valence-electron chi connectivity index (χ2n) is 6.14. The van der Waals surface area contributed by atoms with E-state index in [1.807, 2.05) is 0 Å². The summed E-state index contributed by atoms with van der Waals surface area (Å²) in [6.07, 6.45) is 7.84. The maximum Gasteiger partial charge on any atom is 0.0638 e. The summed E-state index contributed by atoms with van der Waals surface area (Å²) in [7, 11) is 0. The summed E-state index contributed by atoms with van der Waals surface area (Å²) >= 11 is 0. The first-order valence-electron chi connectivity index (χ1n) is 7.39. The summed E-state index contributed by atoms with van der Waals surface area (Å²) in [5.74, 6) is 1.57. The average Bonchev–Trinajstić information content (AvgIpc) is 2.90. The lowest BCUT2D eigenvalue weighted by Gasteiger charge is -2.08. The molecule has 0 atom stereocenters. The molecule has 1 N–H and O–H groups in total. The van der Waals surface area contributed by atoms with E-state index in [2.05, 4.69) is 42.1 Å². The minimum atomic E-state index is 0.707. The van der Waals surface area contributed by atoms with Gasteiger partial charge in [-0.2, -0.15) is 5.10 Å². The Kier molecular flexibility index (Phi) is 4.81. The van der Waals surface area contributed by atoms with Gasteiger partial charge in [0.1, 0.15) is 0 Å². The Morgan fingerprint density at radius 1 is 1.39 bits per heavy atom. The van der Waals surface area contributed by atoms with Gasteiger partial charge in [-0.05, 0) is 38.1 Å². The summed E-state index contributed by atoms with van der Waals surface area (Å²) in [5, 5.41) is 8.14. The number of hydrogen-bond donors (Lipinski definition) is 1. The van der Waals surface area contributed by atoms with E-state index in [-0.39, 0.29) is 0 Å². The van der Waals surface area contributed by atoms with Gasteiger partial charge in [0.2, 0.25) is 0 Å². The first-order chi connectivity index (χ1) is 8.65. The van der Waals surface area contributed by atoms with Crippen molar-refractivity contribution >= 4 is 0 Å². The van der Waals surface area contributed by atoms with Crippen LogP contribution in [0.2, 0.25) is 0 Å². The molecular weight excluding hydrogens is 222 g/mol. The third-order valence-electron chi connectivity index (χ3n) is 3.84. The fraction of sp³-hybridized carbons (Fsp3) is 0.800. The lowest BCUT2D eigenvalue weighted by molar-refractivity contribution is 0.427. The molecule has 0 amide bonds. The number of nitrogens with one attached hydrogen (secondary N) is 1. The monoisotopic (exact) mass is 249 g/mol. The van der Waals surface area contributed by atoms with Crippen LogP contribution in [-0.2, 0) is 13.1 Å². The van der Waals surface area contributed by atoms with Crippen molar-refractivity contribution in [2.75, 3.05) is 6.54 Å². The normalized spacial score (nSPS) is 16.9. The maximum atomic E-state index is 4.65. The Bertz CT molecular complexity index is 362. The van der Waals surface area contributed by atoms with Crippen molar-refractivity contribution in [3.8, 4) is 0 Å². The lowest BCUT2D eigenvalue weighted by atomic mass is 10.1. The highest BCUT2D eigenvalue weighted by Gasteiger charge is 2.16. The predicted molar refractivity (Wildman–Crippen MR) is 75.5 cm³/mol. The van der Waals surface area contributed by atoms with Crippen molar-refractivity contribution < 1.29 is 0 Å². The fourth-order valence-electron chi connectivity index (χ4n) is 2.78. The van der Waals surface area contributed by atoms with Gasteiger partial charge in [-0.1, -0.05) is 26.7 Å². The molecule has 0 saturated heterocycles. The zero-order valence-electron chi connectivity index (χ0n) is 12.1. The Balaban J connectivity index is 1.85. The van der Waals surface area contributed by atoms with Crippen LogP contribution in [-0.4, -0.2) is 16.3 Å². The van der Waals surface area contributed by atoms with E-state index in [4.69, 9.17) is 0 Å². The molecule has 18 heavy (non-hydrogen) atoms. The molecule has 2 rings (SSSR count). The van der Waals surface area contributed by atoms with Crippen molar-refractivity contribution in [1.29, 1.82) is 0 Å². The van der Waals surface area contributed by atoms with Crippen LogP contribution in [0.1, 0.15) is 50.8 Å². The van der Waals surface area contributed by atoms with Gasteiger partial charge >= 0.3 is 0 Å². The largest absolute Gasteiger partial charge is 0.312 e. The van der Waals surface area contributed by atoms with E-state index in [1.165, 1.54) is 36.9 Å². The third kappa shape index (κ3) is 3.84. The molecule has 0 aliphatic heterocycles. The van der Waals surface area contributed by atoms with E-state index in [0.717, 1.165) is 25.6 Å². The van der Waals surface area contributed by atoms with Crippen molar-refractivity contribution in [2.24, 2.45) is 11.8 Å². The van der Waals surface area contributed by atoms with E-state index in [0.29, 0.717) is 5.92 Å². The van der Waals surface area contributed by atoms with Gasteiger partial charge in [-0.15, -0.1) is 0 Å². The molecule has 3 heteroatoms. The molecule has 1 saturated carbocycles. The smallest absolute Gasteiger partial charge is 0.0638 e. The minimum Gasteiger partial charge on any atom is -0.312 e. The topological polar surface area (TPSA) is 29.9 Å². The van der Waals surface area contributed by atoms with E-state index >= 15 is 0 Å². The zero-order valence-corrected chi connectivity index (χ0v) is 12.1. The average molecular weight is 249 g/mol. The predicted octanol–water partition coefficient (Wildman–Crippen LogP) is 3.13. The standard InChI is InChI=1S/C15H27N3/c1-12(2)8-16-9-15-11-18(17-13(15)3)10-14-6-4-5-7-14/h11-12,14,16H,4-10H2,1-3H3. The molecule has 0 bridgehead atoms. The molecule has 0 spiro atoms. The third-order valence-corrected chi connectivity index (χ3v) is 3.84. The molecule has 1 fully saturated rings. The maximum absolute atomic E-state index is 4.65. The second kappa shape index (κ2) is 6.37. The van der Waals surface area contributed by atoms with Gasteiger partial charge in [-0.3, -0.25) is 4.68 Å². The van der Waals surface area contributed by atoms with Gasteiger partial charge in [0.25, 0.3) is 0 Å². The SMILES string of the molecule is Cc1nn(CC2CCCC2)cc1CNCC(C)C. The molecule has 1 aromatic rings. The van der Waals surface area contributed by atoms with E-state index in [9.17, 15) is 0 Å². The van der Waals surface area contributed by atoms with Crippen molar-refractivity contribution in [3.05, 3.63) is 17.5 Å². The summed E-state index contributed by atoms with van der Waals surface area (Å²) in [6, 6.07) is 0. The Hall–Kier alpha value is -0.830. The van der Waals surface area contributed by atoms with Crippen molar-refractivity contribution in [3.63, 3.8) is 0 Å². The lowest BCUT2D eigenvalue weighted by Crippen LogP contribution is -2.19. The number of aromatic nitrogens is 2. The second-order valence-corrected chi connectivity index (χ2v) is 6.14. The molecule has 1 heterocycles.